The van der Waals surface area contributed by atoms with Gasteiger partial charge in [-0.25, -0.2) is 0 Å². The van der Waals surface area contributed by atoms with Gasteiger partial charge >= 0.3 is 0 Å². The van der Waals surface area contributed by atoms with Crippen LogP contribution in [-0.2, 0) is 9.59 Å². The molecule has 0 saturated heterocycles. The molecule has 2 aromatic carbocycles. The lowest BCUT2D eigenvalue weighted by Gasteiger charge is -2.03. The molecule has 120 valence electrons. The second-order valence-corrected chi connectivity index (χ2v) is 5.22. The first-order valence-corrected chi connectivity index (χ1v) is 7.30. The van der Waals surface area contributed by atoms with Gasteiger partial charge in [-0.2, -0.15) is 0 Å². The summed E-state index contributed by atoms with van der Waals surface area (Å²) in [6, 6.07) is 12.0. The monoisotopic (exact) mass is 321 g/mol. The maximum atomic E-state index is 12.1. The van der Waals surface area contributed by atoms with E-state index in [4.69, 9.17) is 4.74 Å². The van der Waals surface area contributed by atoms with E-state index in [-0.39, 0.29) is 17.4 Å². The summed E-state index contributed by atoms with van der Waals surface area (Å²) in [5.74, 6) is -0.234. The molecule has 5 nitrogen and oxygen atoms in total. The van der Waals surface area contributed by atoms with Crippen molar-refractivity contribution in [3.8, 4) is 11.5 Å². The lowest BCUT2D eigenvalue weighted by atomic mass is 10.1. The van der Waals surface area contributed by atoms with Crippen LogP contribution in [0, 0.1) is 0 Å². The van der Waals surface area contributed by atoms with Gasteiger partial charge < -0.3 is 15.2 Å². The van der Waals surface area contributed by atoms with Crippen LogP contribution in [0.4, 0.5) is 5.69 Å². The Hall–Kier alpha value is -3.34. The summed E-state index contributed by atoms with van der Waals surface area (Å²) in [4.78, 5) is 24.1. The van der Waals surface area contributed by atoms with Crippen LogP contribution in [0.1, 0.15) is 11.1 Å². The van der Waals surface area contributed by atoms with Crippen molar-refractivity contribution in [1.29, 1.82) is 0 Å². The Bertz CT molecular complexity index is 881. The third-order valence-electron chi connectivity index (χ3n) is 3.64. The number of para-hydroxylation sites is 1. The number of rotatable bonds is 4. The van der Waals surface area contributed by atoms with Crippen molar-refractivity contribution < 1.29 is 19.4 Å². The number of carbonyl (C=O) groups excluding carboxylic acids is 2. The van der Waals surface area contributed by atoms with E-state index < -0.39 is 0 Å². The number of anilines is 1. The number of phenolic OH excluding ortho intramolecular Hbond substituents is 1. The van der Waals surface area contributed by atoms with Crippen LogP contribution < -0.4 is 10.1 Å². The van der Waals surface area contributed by atoms with E-state index in [1.54, 1.807) is 30.3 Å². The van der Waals surface area contributed by atoms with Gasteiger partial charge in [-0.1, -0.05) is 30.3 Å². The van der Waals surface area contributed by atoms with Gasteiger partial charge in [0, 0.05) is 11.3 Å². The minimum atomic E-state index is -0.302. The highest BCUT2D eigenvalue weighted by molar-refractivity contribution is 6.34. The van der Waals surface area contributed by atoms with Gasteiger partial charge in [-0.15, -0.1) is 0 Å². The Kier molecular flexibility index (Phi) is 4.16. The molecule has 0 fully saturated rings. The maximum Gasteiger partial charge on any atom is 0.256 e. The number of fused-ring (bicyclic) bond motifs is 1. The lowest BCUT2D eigenvalue weighted by Crippen LogP contribution is -2.05. The highest BCUT2D eigenvalue weighted by atomic mass is 16.5. The van der Waals surface area contributed by atoms with E-state index in [1.807, 2.05) is 12.1 Å². The first-order chi connectivity index (χ1) is 11.6. The minimum Gasteiger partial charge on any atom is -0.504 e. The Morgan fingerprint density at radius 2 is 2.00 bits per heavy atom. The summed E-state index contributed by atoms with van der Waals surface area (Å²) in [5, 5.41) is 12.3. The van der Waals surface area contributed by atoms with Gasteiger partial charge in [0.15, 0.2) is 17.3 Å². The zero-order valence-corrected chi connectivity index (χ0v) is 12.9. The van der Waals surface area contributed by atoms with E-state index in [1.165, 1.54) is 25.3 Å². The zero-order valence-electron chi connectivity index (χ0n) is 12.9. The molecule has 0 aliphatic carbocycles. The van der Waals surface area contributed by atoms with Crippen LogP contribution in [0.2, 0.25) is 0 Å². The smallest absolute Gasteiger partial charge is 0.256 e. The molecule has 1 aliphatic rings. The molecule has 0 radical (unpaired) electrons. The number of ketones is 1. The topological polar surface area (TPSA) is 75.6 Å². The molecule has 0 aromatic heterocycles. The average molecular weight is 321 g/mol. The number of aromatic hydroxyl groups is 1. The van der Waals surface area contributed by atoms with Gasteiger partial charge in [0.25, 0.3) is 5.91 Å². The van der Waals surface area contributed by atoms with Crippen LogP contribution in [0.3, 0.4) is 0 Å². The molecule has 5 heteroatoms. The summed E-state index contributed by atoms with van der Waals surface area (Å²) in [7, 11) is 1.45. The molecule has 0 spiro atoms. The maximum absolute atomic E-state index is 12.1. The van der Waals surface area contributed by atoms with Crippen LogP contribution in [0.25, 0.3) is 11.6 Å². The van der Waals surface area contributed by atoms with Crippen LogP contribution >= 0.6 is 0 Å². The van der Waals surface area contributed by atoms with Crippen molar-refractivity contribution in [2.75, 3.05) is 12.4 Å². The van der Waals surface area contributed by atoms with Gasteiger partial charge in [0.1, 0.15) is 0 Å². The number of allylic oxidation sites excluding steroid dienone is 2. The van der Waals surface area contributed by atoms with Crippen molar-refractivity contribution in [3.63, 3.8) is 0 Å². The van der Waals surface area contributed by atoms with Crippen molar-refractivity contribution in [2.45, 2.75) is 0 Å². The van der Waals surface area contributed by atoms with E-state index in [9.17, 15) is 14.7 Å². The normalized spacial score (nSPS) is 14.7. The van der Waals surface area contributed by atoms with Crippen LogP contribution in [-0.4, -0.2) is 23.9 Å². The number of methoxy groups -OCH3 is 1. The number of phenols is 1. The lowest BCUT2D eigenvalue weighted by molar-refractivity contribution is -0.112. The fourth-order valence-electron chi connectivity index (χ4n) is 2.45. The second kappa shape index (κ2) is 6.42. The molecule has 2 N–H and O–H groups in total. The van der Waals surface area contributed by atoms with Crippen LogP contribution in [0.5, 0.6) is 11.5 Å². The van der Waals surface area contributed by atoms with Crippen molar-refractivity contribution in [1.82, 2.24) is 0 Å². The number of benzene rings is 2. The molecule has 0 unspecified atom stereocenters. The van der Waals surface area contributed by atoms with Gasteiger partial charge in [0.2, 0.25) is 0 Å². The summed E-state index contributed by atoms with van der Waals surface area (Å²) >= 11 is 0. The van der Waals surface area contributed by atoms with Crippen molar-refractivity contribution in [2.24, 2.45) is 0 Å². The second-order valence-electron chi connectivity index (χ2n) is 5.22. The standard InChI is InChI=1S/C19H15NO4/c1-24-18-10-12(7-9-17(18)22)6-8-13(21)11-15-14-4-2-3-5-16(14)20-19(15)23/h2-11,22H,1H3,(H,20,23)/b8-6+,15-11+. The number of carbonyl (C=O) groups is 2. The first kappa shape index (κ1) is 15.6. The van der Waals surface area contributed by atoms with E-state index in [0.717, 1.165) is 5.56 Å². The first-order valence-electron chi connectivity index (χ1n) is 7.30. The number of nitrogens with one attached hydrogen (secondary N) is 1. The Morgan fingerprint density at radius 3 is 2.79 bits per heavy atom. The summed E-state index contributed by atoms with van der Waals surface area (Å²) in [5.41, 5.74) is 2.47. The molecule has 0 atom stereocenters. The molecule has 3 rings (SSSR count). The Labute approximate surface area is 138 Å². The Balaban J connectivity index is 1.82. The molecule has 0 bridgehead atoms. The Morgan fingerprint density at radius 1 is 1.21 bits per heavy atom. The molecular weight excluding hydrogens is 306 g/mol. The minimum absolute atomic E-state index is 0.0299. The van der Waals surface area contributed by atoms with E-state index in [2.05, 4.69) is 5.32 Å². The van der Waals surface area contributed by atoms with Gasteiger partial charge in [-0.05, 0) is 35.9 Å². The highest BCUT2D eigenvalue weighted by Crippen LogP contribution is 2.31. The predicted molar refractivity (Wildman–Crippen MR) is 91.7 cm³/mol. The quantitative estimate of drug-likeness (QED) is 0.849. The molecule has 0 saturated carbocycles. The van der Waals surface area contributed by atoms with E-state index >= 15 is 0 Å². The number of hydrogen-bond donors (Lipinski definition) is 2. The van der Waals surface area contributed by atoms with E-state index in [0.29, 0.717) is 22.6 Å². The number of amides is 1. The molecular formula is C19H15NO4. The fourth-order valence-corrected chi connectivity index (χ4v) is 2.45. The largest absolute Gasteiger partial charge is 0.504 e. The average Bonchev–Trinajstić information content (AvgIpc) is 2.90. The molecule has 24 heavy (non-hydrogen) atoms. The summed E-state index contributed by atoms with van der Waals surface area (Å²) < 4.78 is 5.02. The third kappa shape index (κ3) is 3.05. The van der Waals surface area contributed by atoms with Gasteiger partial charge in [-0.3, -0.25) is 9.59 Å². The van der Waals surface area contributed by atoms with Gasteiger partial charge in [0.05, 0.1) is 12.7 Å². The predicted octanol–water partition coefficient (Wildman–Crippen LogP) is 3.02. The van der Waals surface area contributed by atoms with Crippen molar-refractivity contribution in [3.05, 3.63) is 65.7 Å². The molecule has 1 amide bonds. The molecule has 1 aliphatic heterocycles. The zero-order chi connectivity index (χ0) is 17.1. The SMILES string of the molecule is COc1cc(/C=C/C(=O)/C=C2/C(=O)Nc3ccccc32)ccc1O. The number of ether oxygens (including phenoxy) is 1. The summed E-state index contributed by atoms with van der Waals surface area (Å²) in [6.07, 6.45) is 4.28. The third-order valence-corrected chi connectivity index (χ3v) is 3.64. The van der Waals surface area contributed by atoms with Crippen molar-refractivity contribution >= 4 is 29.0 Å². The molecule has 2 aromatic rings. The van der Waals surface area contributed by atoms with Crippen LogP contribution in [0.15, 0.2) is 54.6 Å². The fraction of sp³-hybridized carbons (Fsp3) is 0.0526. The summed E-state index contributed by atoms with van der Waals surface area (Å²) in [6.45, 7) is 0. The number of hydrogen-bond acceptors (Lipinski definition) is 4. The molecule has 1 heterocycles. The highest BCUT2D eigenvalue weighted by Gasteiger charge is 2.23.